The molecule has 19 heavy (non-hydrogen) atoms. The molecule has 4 nitrogen and oxygen atoms in total. The van der Waals surface area contributed by atoms with Gasteiger partial charge in [0.25, 0.3) is 5.91 Å². The average molecular weight is 275 g/mol. The number of amides is 1. The maximum Gasteiger partial charge on any atom is 0.251 e. The highest BCUT2D eigenvalue weighted by Crippen LogP contribution is 2.11. The van der Waals surface area contributed by atoms with Crippen molar-refractivity contribution in [1.82, 2.24) is 10.3 Å². The molecule has 1 amide bonds. The third-order valence-electron chi connectivity index (χ3n) is 3.01. The van der Waals surface area contributed by atoms with Crippen molar-refractivity contribution in [2.45, 2.75) is 20.3 Å². The third-order valence-corrected chi connectivity index (χ3v) is 3.73. The molecule has 0 unspecified atom stereocenters. The minimum absolute atomic E-state index is 0.0497. The molecule has 3 N–H and O–H groups in total. The van der Waals surface area contributed by atoms with Crippen LogP contribution in [0.1, 0.15) is 27.2 Å². The summed E-state index contributed by atoms with van der Waals surface area (Å²) in [6, 6.07) is 5.72. The smallest absolute Gasteiger partial charge is 0.251 e. The number of nitrogen functional groups attached to an aromatic ring is 1. The molecule has 0 aliphatic carbocycles. The molecule has 0 aliphatic heterocycles. The van der Waals surface area contributed by atoms with Crippen LogP contribution in [0.15, 0.2) is 23.6 Å². The topological polar surface area (TPSA) is 68.0 Å². The first kappa shape index (κ1) is 13.5. The van der Waals surface area contributed by atoms with Crippen LogP contribution in [0.5, 0.6) is 0 Å². The van der Waals surface area contributed by atoms with Crippen LogP contribution in [-0.4, -0.2) is 17.4 Å². The van der Waals surface area contributed by atoms with Gasteiger partial charge in [0.1, 0.15) is 0 Å². The van der Waals surface area contributed by atoms with Crippen LogP contribution >= 0.6 is 11.3 Å². The molecule has 0 aliphatic rings. The first-order valence-corrected chi connectivity index (χ1v) is 6.99. The summed E-state index contributed by atoms with van der Waals surface area (Å²) < 4.78 is 0. The van der Waals surface area contributed by atoms with Gasteiger partial charge in [-0.05, 0) is 37.1 Å². The van der Waals surface area contributed by atoms with Gasteiger partial charge in [-0.2, -0.15) is 0 Å². The SMILES string of the molecule is Cc1ccc(C(=O)NCCc2csc(N)n2)cc1C. The molecule has 1 aromatic carbocycles. The van der Waals surface area contributed by atoms with Crippen molar-refractivity contribution >= 4 is 22.4 Å². The Labute approximate surface area is 116 Å². The van der Waals surface area contributed by atoms with E-state index in [0.29, 0.717) is 23.7 Å². The van der Waals surface area contributed by atoms with E-state index >= 15 is 0 Å². The van der Waals surface area contributed by atoms with Crippen LogP contribution < -0.4 is 11.1 Å². The molecule has 0 fully saturated rings. The van der Waals surface area contributed by atoms with Gasteiger partial charge in [-0.25, -0.2) is 4.98 Å². The van der Waals surface area contributed by atoms with E-state index in [-0.39, 0.29) is 5.91 Å². The normalized spacial score (nSPS) is 10.4. The van der Waals surface area contributed by atoms with E-state index in [1.807, 2.05) is 37.4 Å². The summed E-state index contributed by atoms with van der Waals surface area (Å²) >= 11 is 1.42. The van der Waals surface area contributed by atoms with Gasteiger partial charge in [-0.1, -0.05) is 6.07 Å². The molecular weight excluding hydrogens is 258 g/mol. The lowest BCUT2D eigenvalue weighted by Crippen LogP contribution is -2.25. The van der Waals surface area contributed by atoms with Crippen LogP contribution in [0.3, 0.4) is 0 Å². The average Bonchev–Trinajstić information content (AvgIpc) is 2.78. The Hall–Kier alpha value is -1.88. The van der Waals surface area contributed by atoms with Crippen molar-refractivity contribution in [2.24, 2.45) is 0 Å². The van der Waals surface area contributed by atoms with Crippen LogP contribution in [0.2, 0.25) is 0 Å². The molecule has 0 atom stereocenters. The molecule has 1 aromatic heterocycles. The first-order chi connectivity index (χ1) is 9.06. The van der Waals surface area contributed by atoms with Crippen molar-refractivity contribution in [3.63, 3.8) is 0 Å². The lowest BCUT2D eigenvalue weighted by molar-refractivity contribution is 0.0954. The molecule has 2 rings (SSSR count). The number of aromatic nitrogens is 1. The quantitative estimate of drug-likeness (QED) is 0.899. The summed E-state index contributed by atoms with van der Waals surface area (Å²) in [5.74, 6) is -0.0497. The van der Waals surface area contributed by atoms with Gasteiger partial charge in [0.15, 0.2) is 5.13 Å². The number of benzene rings is 1. The number of aryl methyl sites for hydroxylation is 2. The summed E-state index contributed by atoms with van der Waals surface area (Å²) in [6.07, 6.45) is 0.699. The molecular formula is C14H17N3OS. The van der Waals surface area contributed by atoms with Gasteiger partial charge in [0.2, 0.25) is 0 Å². The fraction of sp³-hybridized carbons (Fsp3) is 0.286. The van der Waals surface area contributed by atoms with E-state index < -0.39 is 0 Å². The molecule has 2 aromatic rings. The first-order valence-electron chi connectivity index (χ1n) is 6.11. The minimum Gasteiger partial charge on any atom is -0.375 e. The Morgan fingerprint density at radius 2 is 2.16 bits per heavy atom. The summed E-state index contributed by atoms with van der Waals surface area (Å²) in [5, 5.41) is 5.37. The van der Waals surface area contributed by atoms with Gasteiger partial charge < -0.3 is 11.1 Å². The molecule has 0 radical (unpaired) electrons. The largest absolute Gasteiger partial charge is 0.375 e. The predicted octanol–water partition coefficient (Wildman–Crippen LogP) is 2.31. The number of carbonyl (C=O) groups excluding carboxylic acids is 1. The highest BCUT2D eigenvalue weighted by molar-refractivity contribution is 7.13. The Kier molecular flexibility index (Phi) is 4.16. The minimum atomic E-state index is -0.0497. The number of thiazole rings is 1. The van der Waals surface area contributed by atoms with Crippen molar-refractivity contribution in [1.29, 1.82) is 0 Å². The zero-order chi connectivity index (χ0) is 13.8. The monoisotopic (exact) mass is 275 g/mol. The summed E-state index contributed by atoms with van der Waals surface area (Å²) in [7, 11) is 0. The standard InChI is InChI=1S/C14H17N3OS/c1-9-3-4-11(7-10(9)2)13(18)16-6-5-12-8-19-14(15)17-12/h3-4,7-8H,5-6H2,1-2H3,(H2,15,17)(H,16,18). The van der Waals surface area contributed by atoms with Crippen molar-refractivity contribution in [3.05, 3.63) is 46.0 Å². The zero-order valence-corrected chi connectivity index (χ0v) is 11.9. The van der Waals surface area contributed by atoms with E-state index in [4.69, 9.17) is 5.73 Å². The lowest BCUT2D eigenvalue weighted by atomic mass is 10.1. The van der Waals surface area contributed by atoms with Crippen LogP contribution in [0, 0.1) is 13.8 Å². The second-order valence-electron chi connectivity index (χ2n) is 4.48. The maximum absolute atomic E-state index is 12.0. The highest BCUT2D eigenvalue weighted by Gasteiger charge is 2.06. The number of hydrogen-bond donors (Lipinski definition) is 2. The molecule has 0 bridgehead atoms. The van der Waals surface area contributed by atoms with E-state index in [0.717, 1.165) is 11.3 Å². The molecule has 0 saturated heterocycles. The number of hydrogen-bond acceptors (Lipinski definition) is 4. The number of nitrogens with two attached hydrogens (primary N) is 1. The Bertz CT molecular complexity index is 592. The fourth-order valence-electron chi connectivity index (χ4n) is 1.73. The maximum atomic E-state index is 12.0. The van der Waals surface area contributed by atoms with Gasteiger partial charge in [0, 0.05) is 23.9 Å². The number of rotatable bonds is 4. The second-order valence-corrected chi connectivity index (χ2v) is 5.37. The fourth-order valence-corrected chi connectivity index (χ4v) is 2.32. The van der Waals surface area contributed by atoms with Gasteiger partial charge in [-0.3, -0.25) is 4.79 Å². The lowest BCUT2D eigenvalue weighted by Gasteiger charge is -2.06. The molecule has 100 valence electrons. The molecule has 1 heterocycles. The van der Waals surface area contributed by atoms with Crippen molar-refractivity contribution < 1.29 is 4.79 Å². The Morgan fingerprint density at radius 1 is 1.37 bits per heavy atom. The number of nitrogens with one attached hydrogen (secondary N) is 1. The molecule has 0 spiro atoms. The number of carbonyl (C=O) groups is 1. The van der Waals surface area contributed by atoms with E-state index in [1.165, 1.54) is 16.9 Å². The number of anilines is 1. The predicted molar refractivity (Wildman–Crippen MR) is 78.5 cm³/mol. The van der Waals surface area contributed by atoms with Gasteiger partial charge in [-0.15, -0.1) is 11.3 Å². The summed E-state index contributed by atoms with van der Waals surface area (Å²) in [5.41, 5.74) is 9.48. The molecule has 5 heteroatoms. The van der Waals surface area contributed by atoms with E-state index in [9.17, 15) is 4.79 Å². The van der Waals surface area contributed by atoms with E-state index in [2.05, 4.69) is 10.3 Å². The van der Waals surface area contributed by atoms with Crippen molar-refractivity contribution in [3.8, 4) is 0 Å². The summed E-state index contributed by atoms with van der Waals surface area (Å²) in [4.78, 5) is 16.1. The van der Waals surface area contributed by atoms with Crippen LogP contribution in [0.4, 0.5) is 5.13 Å². The van der Waals surface area contributed by atoms with Gasteiger partial charge in [0.05, 0.1) is 5.69 Å². The molecule has 0 saturated carbocycles. The van der Waals surface area contributed by atoms with Gasteiger partial charge >= 0.3 is 0 Å². The zero-order valence-electron chi connectivity index (χ0n) is 11.1. The second kappa shape index (κ2) is 5.84. The highest BCUT2D eigenvalue weighted by atomic mass is 32.1. The van der Waals surface area contributed by atoms with Crippen LogP contribution in [0.25, 0.3) is 0 Å². The van der Waals surface area contributed by atoms with E-state index in [1.54, 1.807) is 0 Å². The number of nitrogens with zero attached hydrogens (tertiary/aromatic N) is 1. The summed E-state index contributed by atoms with van der Waals surface area (Å²) in [6.45, 7) is 4.60. The van der Waals surface area contributed by atoms with Crippen LogP contribution in [-0.2, 0) is 6.42 Å². The Balaban J connectivity index is 1.89. The third kappa shape index (κ3) is 3.54. The Morgan fingerprint density at radius 3 is 2.79 bits per heavy atom. The van der Waals surface area contributed by atoms with Crippen molar-refractivity contribution in [2.75, 3.05) is 12.3 Å².